The molecule has 27 heavy (non-hydrogen) atoms. The maximum Gasteiger partial charge on any atom is 0.337 e. The number of rotatable bonds is 5. The molecule has 0 radical (unpaired) electrons. The third-order valence-electron chi connectivity index (χ3n) is 4.06. The molecular formula is C19H18ClN5O2. The van der Waals surface area contributed by atoms with Crippen molar-refractivity contribution in [3.63, 3.8) is 0 Å². The zero-order chi connectivity index (χ0) is 19.4. The summed E-state index contributed by atoms with van der Waals surface area (Å²) in [5.74, 6) is 0.315. The highest BCUT2D eigenvalue weighted by Crippen LogP contribution is 2.26. The summed E-state index contributed by atoms with van der Waals surface area (Å²) in [7, 11) is 1.32. The number of benzene rings is 2. The van der Waals surface area contributed by atoms with E-state index in [2.05, 4.69) is 25.8 Å². The smallest absolute Gasteiger partial charge is 0.337 e. The molecule has 1 aromatic heterocycles. The number of aromatic nitrogens is 3. The minimum atomic E-state index is -0.459. The Kier molecular flexibility index (Phi) is 5.52. The van der Waals surface area contributed by atoms with E-state index in [1.54, 1.807) is 18.2 Å². The van der Waals surface area contributed by atoms with Crippen LogP contribution in [0.4, 0.5) is 23.1 Å². The highest BCUT2D eigenvalue weighted by atomic mass is 35.5. The van der Waals surface area contributed by atoms with E-state index in [0.717, 1.165) is 11.3 Å². The van der Waals surface area contributed by atoms with Gasteiger partial charge in [0.2, 0.25) is 5.95 Å². The molecule has 2 N–H and O–H groups in total. The lowest BCUT2D eigenvalue weighted by Crippen LogP contribution is -2.05. The molecule has 0 saturated heterocycles. The number of methoxy groups -OCH3 is 1. The molecule has 138 valence electrons. The van der Waals surface area contributed by atoms with Gasteiger partial charge in [0.05, 0.1) is 29.6 Å². The molecule has 0 fully saturated rings. The molecule has 0 aliphatic carbocycles. The summed E-state index contributed by atoms with van der Waals surface area (Å²) in [6, 6.07) is 10.7. The Morgan fingerprint density at radius 1 is 1.11 bits per heavy atom. The van der Waals surface area contributed by atoms with Crippen LogP contribution in [0.15, 0.2) is 42.6 Å². The van der Waals surface area contributed by atoms with Crippen molar-refractivity contribution in [2.75, 3.05) is 17.7 Å². The standard InChI is InChI=1S/C19H18ClN5O2/c1-11-5-4-6-15(12(11)2)22-17-10-21-25-19(24-17)23-16-9-13(18(26)27-3)7-8-14(16)20/h4-10H,1-3H3,(H2,22,23,24,25). The van der Waals surface area contributed by atoms with E-state index in [1.807, 2.05) is 32.0 Å². The first-order valence-electron chi connectivity index (χ1n) is 8.16. The maximum absolute atomic E-state index is 11.7. The first kappa shape index (κ1) is 18.6. The van der Waals surface area contributed by atoms with Crippen molar-refractivity contribution in [2.24, 2.45) is 0 Å². The van der Waals surface area contributed by atoms with Crippen LogP contribution in [0.1, 0.15) is 21.5 Å². The molecule has 1 heterocycles. The minimum Gasteiger partial charge on any atom is -0.465 e. The van der Waals surface area contributed by atoms with E-state index in [0.29, 0.717) is 22.1 Å². The lowest BCUT2D eigenvalue weighted by atomic mass is 10.1. The molecular weight excluding hydrogens is 366 g/mol. The molecule has 7 nitrogen and oxygen atoms in total. The fraction of sp³-hybridized carbons (Fsp3) is 0.158. The van der Waals surface area contributed by atoms with Gasteiger partial charge < -0.3 is 15.4 Å². The third kappa shape index (κ3) is 4.32. The van der Waals surface area contributed by atoms with Gasteiger partial charge in [0, 0.05) is 5.69 Å². The molecule has 0 aliphatic rings. The summed E-state index contributed by atoms with van der Waals surface area (Å²) in [5, 5.41) is 14.6. The minimum absolute atomic E-state index is 0.245. The van der Waals surface area contributed by atoms with Crippen LogP contribution in [-0.2, 0) is 4.74 Å². The number of aryl methyl sites for hydroxylation is 1. The van der Waals surface area contributed by atoms with E-state index >= 15 is 0 Å². The van der Waals surface area contributed by atoms with Crippen LogP contribution >= 0.6 is 11.6 Å². The normalized spacial score (nSPS) is 10.4. The van der Waals surface area contributed by atoms with Gasteiger partial charge in [-0.15, -0.1) is 5.10 Å². The quantitative estimate of drug-likeness (QED) is 0.630. The van der Waals surface area contributed by atoms with Gasteiger partial charge in [0.1, 0.15) is 0 Å². The van der Waals surface area contributed by atoms with Gasteiger partial charge in [-0.1, -0.05) is 23.7 Å². The summed E-state index contributed by atoms with van der Waals surface area (Å²) < 4.78 is 4.72. The summed E-state index contributed by atoms with van der Waals surface area (Å²) in [5.41, 5.74) is 4.07. The van der Waals surface area contributed by atoms with Crippen molar-refractivity contribution >= 4 is 40.7 Å². The van der Waals surface area contributed by atoms with Crippen LogP contribution in [0, 0.1) is 13.8 Å². The molecule has 3 aromatic rings. The largest absolute Gasteiger partial charge is 0.465 e. The number of carbonyl (C=O) groups is 1. The monoisotopic (exact) mass is 383 g/mol. The van der Waals surface area contributed by atoms with Crippen LogP contribution in [0.3, 0.4) is 0 Å². The van der Waals surface area contributed by atoms with Crippen LogP contribution < -0.4 is 10.6 Å². The van der Waals surface area contributed by atoms with E-state index in [1.165, 1.54) is 18.9 Å². The van der Waals surface area contributed by atoms with Gasteiger partial charge in [0.15, 0.2) is 5.82 Å². The van der Waals surface area contributed by atoms with Crippen molar-refractivity contribution in [1.29, 1.82) is 0 Å². The van der Waals surface area contributed by atoms with Gasteiger partial charge in [-0.05, 0) is 49.2 Å². The second kappa shape index (κ2) is 8.01. The molecule has 0 spiro atoms. The van der Waals surface area contributed by atoms with Crippen molar-refractivity contribution < 1.29 is 9.53 Å². The fourth-order valence-corrected chi connectivity index (χ4v) is 2.59. The Labute approximate surface area is 161 Å². The number of carbonyl (C=O) groups excluding carboxylic acids is 1. The summed E-state index contributed by atoms with van der Waals surface area (Å²) >= 11 is 6.20. The number of nitrogens with zero attached hydrogens (tertiary/aromatic N) is 3. The summed E-state index contributed by atoms with van der Waals surface area (Å²) in [6.45, 7) is 4.07. The molecule has 0 aliphatic heterocycles. The molecule has 0 atom stereocenters. The van der Waals surface area contributed by atoms with Crippen LogP contribution in [-0.4, -0.2) is 28.3 Å². The number of halogens is 1. The van der Waals surface area contributed by atoms with Crippen molar-refractivity contribution in [1.82, 2.24) is 15.2 Å². The summed E-state index contributed by atoms with van der Waals surface area (Å²) in [4.78, 5) is 16.1. The van der Waals surface area contributed by atoms with Gasteiger partial charge in [-0.2, -0.15) is 10.1 Å². The topological polar surface area (TPSA) is 89.0 Å². The summed E-state index contributed by atoms with van der Waals surface area (Å²) in [6.07, 6.45) is 1.53. The van der Waals surface area contributed by atoms with E-state index in [-0.39, 0.29) is 5.95 Å². The molecule has 0 bridgehead atoms. The number of ether oxygens (including phenoxy) is 1. The van der Waals surface area contributed by atoms with Crippen molar-refractivity contribution in [3.05, 3.63) is 64.3 Å². The zero-order valence-corrected chi connectivity index (χ0v) is 15.8. The van der Waals surface area contributed by atoms with E-state index in [9.17, 15) is 4.79 Å². The number of nitrogens with one attached hydrogen (secondary N) is 2. The zero-order valence-electron chi connectivity index (χ0n) is 15.1. The lowest BCUT2D eigenvalue weighted by molar-refractivity contribution is 0.0601. The Morgan fingerprint density at radius 3 is 2.70 bits per heavy atom. The van der Waals surface area contributed by atoms with Gasteiger partial charge in [-0.25, -0.2) is 4.79 Å². The molecule has 0 unspecified atom stereocenters. The van der Waals surface area contributed by atoms with Crippen LogP contribution in [0.2, 0.25) is 5.02 Å². The lowest BCUT2D eigenvalue weighted by Gasteiger charge is -2.12. The molecule has 0 amide bonds. The van der Waals surface area contributed by atoms with Gasteiger partial charge in [-0.3, -0.25) is 0 Å². The predicted octanol–water partition coefficient (Wildman–Crippen LogP) is 4.42. The first-order valence-corrected chi connectivity index (χ1v) is 8.53. The second-order valence-corrected chi connectivity index (χ2v) is 6.26. The molecule has 8 heteroatoms. The number of hydrogen-bond acceptors (Lipinski definition) is 7. The van der Waals surface area contributed by atoms with Crippen LogP contribution in [0.5, 0.6) is 0 Å². The Morgan fingerprint density at radius 2 is 1.93 bits per heavy atom. The van der Waals surface area contributed by atoms with Gasteiger partial charge in [0.25, 0.3) is 0 Å². The Hall–Kier alpha value is -3.19. The molecule has 2 aromatic carbocycles. The Balaban J connectivity index is 1.84. The molecule has 0 saturated carbocycles. The SMILES string of the molecule is COC(=O)c1ccc(Cl)c(Nc2nncc(Nc3cccc(C)c3C)n2)c1. The van der Waals surface area contributed by atoms with E-state index in [4.69, 9.17) is 16.3 Å². The number of anilines is 4. The molecule has 3 rings (SSSR count). The number of esters is 1. The third-order valence-corrected chi connectivity index (χ3v) is 4.39. The first-order chi connectivity index (χ1) is 13.0. The van der Waals surface area contributed by atoms with E-state index < -0.39 is 5.97 Å². The van der Waals surface area contributed by atoms with Crippen LogP contribution in [0.25, 0.3) is 0 Å². The average Bonchev–Trinajstić information content (AvgIpc) is 2.67. The predicted molar refractivity (Wildman–Crippen MR) is 105 cm³/mol. The highest BCUT2D eigenvalue weighted by molar-refractivity contribution is 6.33. The highest BCUT2D eigenvalue weighted by Gasteiger charge is 2.11. The average molecular weight is 384 g/mol. The fourth-order valence-electron chi connectivity index (χ4n) is 2.43. The maximum atomic E-state index is 11.7. The van der Waals surface area contributed by atoms with Crippen molar-refractivity contribution in [2.45, 2.75) is 13.8 Å². The second-order valence-electron chi connectivity index (χ2n) is 5.85. The number of hydrogen-bond donors (Lipinski definition) is 2. The van der Waals surface area contributed by atoms with Gasteiger partial charge >= 0.3 is 5.97 Å². The Bertz CT molecular complexity index is 994. The van der Waals surface area contributed by atoms with Crippen molar-refractivity contribution in [3.8, 4) is 0 Å².